The SMILES string of the molecule is [C-]#[N+]c1ccc(-c2ccn(C[C@H](C)NC(=O)c3cc(/C(C)=N\O)n(C4CCCCO4)n3)n2)cc1Cl. The van der Waals surface area contributed by atoms with Crippen LogP contribution in [0.15, 0.2) is 41.7 Å². The number of aromatic nitrogens is 4. The van der Waals surface area contributed by atoms with Gasteiger partial charge in [-0.3, -0.25) is 9.48 Å². The molecule has 0 spiro atoms. The Morgan fingerprint density at radius 1 is 1.37 bits per heavy atom. The Bertz CT molecular complexity index is 1280. The van der Waals surface area contributed by atoms with Gasteiger partial charge in [0, 0.05) is 29.4 Å². The molecular formula is C24H26ClN7O3. The summed E-state index contributed by atoms with van der Waals surface area (Å²) in [6.07, 6.45) is 4.29. The third kappa shape index (κ3) is 5.53. The Balaban J connectivity index is 1.44. The predicted molar refractivity (Wildman–Crippen MR) is 131 cm³/mol. The van der Waals surface area contributed by atoms with E-state index in [1.54, 1.807) is 40.6 Å². The van der Waals surface area contributed by atoms with Gasteiger partial charge in [0.15, 0.2) is 11.9 Å². The molecule has 1 fully saturated rings. The molecule has 1 unspecified atom stereocenters. The summed E-state index contributed by atoms with van der Waals surface area (Å²) in [6.45, 7) is 11.7. The molecule has 10 nitrogen and oxygen atoms in total. The van der Waals surface area contributed by atoms with Gasteiger partial charge < -0.3 is 15.3 Å². The molecule has 11 heteroatoms. The predicted octanol–water partition coefficient (Wildman–Crippen LogP) is 4.67. The van der Waals surface area contributed by atoms with Crippen molar-refractivity contribution in [2.75, 3.05) is 6.61 Å². The molecule has 0 saturated carbocycles. The van der Waals surface area contributed by atoms with Gasteiger partial charge in [-0.15, -0.1) is 0 Å². The Hall–Kier alpha value is -3.68. The first kappa shape index (κ1) is 24.4. The van der Waals surface area contributed by atoms with Gasteiger partial charge in [-0.05, 0) is 51.3 Å². The molecule has 1 amide bonds. The van der Waals surface area contributed by atoms with Gasteiger partial charge >= 0.3 is 0 Å². The largest absolute Gasteiger partial charge is 0.411 e. The number of hydrogen-bond acceptors (Lipinski definition) is 6. The minimum absolute atomic E-state index is 0.222. The van der Waals surface area contributed by atoms with Gasteiger partial charge in [-0.1, -0.05) is 28.9 Å². The highest BCUT2D eigenvalue weighted by atomic mass is 35.5. The average molecular weight is 496 g/mol. The van der Waals surface area contributed by atoms with Crippen molar-refractivity contribution in [3.63, 3.8) is 0 Å². The van der Waals surface area contributed by atoms with Crippen LogP contribution in [0, 0.1) is 6.57 Å². The van der Waals surface area contributed by atoms with E-state index in [1.165, 1.54) is 0 Å². The molecule has 182 valence electrons. The molecule has 35 heavy (non-hydrogen) atoms. The lowest BCUT2D eigenvalue weighted by molar-refractivity contribution is -0.0399. The van der Waals surface area contributed by atoms with E-state index in [0.717, 1.165) is 30.5 Å². The summed E-state index contributed by atoms with van der Waals surface area (Å²) in [5.41, 5.74) is 3.04. The lowest BCUT2D eigenvalue weighted by atomic mass is 10.1. The van der Waals surface area contributed by atoms with Crippen LogP contribution < -0.4 is 5.32 Å². The van der Waals surface area contributed by atoms with Crippen LogP contribution in [0.4, 0.5) is 5.69 Å². The quantitative estimate of drug-likeness (QED) is 0.214. The van der Waals surface area contributed by atoms with Crippen molar-refractivity contribution in [1.29, 1.82) is 0 Å². The van der Waals surface area contributed by atoms with Gasteiger partial charge in [0.25, 0.3) is 5.91 Å². The Morgan fingerprint density at radius 3 is 2.89 bits per heavy atom. The highest BCUT2D eigenvalue weighted by Gasteiger charge is 2.24. The average Bonchev–Trinajstić information content (AvgIpc) is 3.52. The molecule has 0 aliphatic carbocycles. The van der Waals surface area contributed by atoms with E-state index >= 15 is 0 Å². The minimum Gasteiger partial charge on any atom is -0.411 e. The molecule has 3 aromatic rings. The standard InChI is InChI=1S/C24H26ClN7O3/c1-15(14-31-10-9-19(28-31)17-7-8-20(26-3)18(25)12-17)27-24(33)21-13-22(16(2)30-34)32(29-21)23-6-4-5-11-35-23/h7-10,12-13,15,23,34H,4-6,11,14H2,1-2H3,(H,27,33)/b30-16-/t15-,23?/m0/s1. The monoisotopic (exact) mass is 495 g/mol. The second kappa shape index (κ2) is 10.7. The van der Waals surface area contributed by atoms with E-state index in [0.29, 0.717) is 35.3 Å². The van der Waals surface area contributed by atoms with Crippen molar-refractivity contribution in [2.24, 2.45) is 5.16 Å². The summed E-state index contributed by atoms with van der Waals surface area (Å²) in [7, 11) is 0. The summed E-state index contributed by atoms with van der Waals surface area (Å²) < 4.78 is 9.17. The number of oxime groups is 1. The number of amides is 1. The van der Waals surface area contributed by atoms with Crippen LogP contribution in [0.25, 0.3) is 16.1 Å². The molecule has 2 atom stereocenters. The Kier molecular flexibility index (Phi) is 7.48. The molecule has 1 saturated heterocycles. The van der Waals surface area contributed by atoms with Crippen LogP contribution in [0.5, 0.6) is 0 Å². The molecule has 2 aromatic heterocycles. The zero-order valence-electron chi connectivity index (χ0n) is 19.5. The van der Waals surface area contributed by atoms with Crippen LogP contribution in [0.3, 0.4) is 0 Å². The molecule has 4 rings (SSSR count). The normalized spacial score (nSPS) is 17.1. The first-order valence-corrected chi connectivity index (χ1v) is 11.7. The molecule has 1 aliphatic heterocycles. The van der Waals surface area contributed by atoms with Crippen molar-refractivity contribution in [1.82, 2.24) is 24.9 Å². The Morgan fingerprint density at radius 2 is 2.20 bits per heavy atom. The van der Waals surface area contributed by atoms with Crippen LogP contribution >= 0.6 is 11.6 Å². The van der Waals surface area contributed by atoms with E-state index in [2.05, 4.69) is 25.5 Å². The van der Waals surface area contributed by atoms with Crippen molar-refractivity contribution >= 4 is 28.9 Å². The smallest absolute Gasteiger partial charge is 0.272 e. The fourth-order valence-electron chi connectivity index (χ4n) is 3.96. The molecule has 0 radical (unpaired) electrons. The second-order valence-electron chi connectivity index (χ2n) is 8.44. The molecule has 1 aliphatic rings. The maximum atomic E-state index is 12.9. The topological polar surface area (TPSA) is 111 Å². The zero-order chi connectivity index (χ0) is 24.9. The molecule has 2 N–H and O–H groups in total. The maximum Gasteiger partial charge on any atom is 0.272 e. The molecule has 0 bridgehead atoms. The lowest BCUT2D eigenvalue weighted by Crippen LogP contribution is -2.36. The first-order chi connectivity index (χ1) is 16.9. The summed E-state index contributed by atoms with van der Waals surface area (Å²) in [6, 6.07) is 8.41. The summed E-state index contributed by atoms with van der Waals surface area (Å²) in [5.74, 6) is -0.340. The zero-order valence-corrected chi connectivity index (χ0v) is 20.2. The third-order valence-corrected chi connectivity index (χ3v) is 6.06. The molecule has 1 aromatic carbocycles. The van der Waals surface area contributed by atoms with Crippen LogP contribution in [-0.2, 0) is 11.3 Å². The molecular weight excluding hydrogens is 470 g/mol. The van der Waals surface area contributed by atoms with Gasteiger partial charge in [0.1, 0.15) is 5.71 Å². The van der Waals surface area contributed by atoms with Gasteiger partial charge in [-0.25, -0.2) is 9.53 Å². The van der Waals surface area contributed by atoms with E-state index in [4.69, 9.17) is 22.9 Å². The van der Waals surface area contributed by atoms with Gasteiger partial charge in [-0.2, -0.15) is 10.2 Å². The fraction of sp³-hybridized carbons (Fsp3) is 0.375. The van der Waals surface area contributed by atoms with Crippen molar-refractivity contribution in [3.05, 3.63) is 64.4 Å². The number of halogens is 1. The van der Waals surface area contributed by atoms with Crippen LogP contribution in [-0.4, -0.2) is 49.0 Å². The maximum absolute atomic E-state index is 12.9. The number of carbonyl (C=O) groups is 1. The number of benzene rings is 1. The third-order valence-electron chi connectivity index (χ3n) is 5.76. The number of carbonyl (C=O) groups excluding carboxylic acids is 1. The lowest BCUT2D eigenvalue weighted by Gasteiger charge is -2.24. The van der Waals surface area contributed by atoms with Gasteiger partial charge in [0.2, 0.25) is 5.69 Å². The van der Waals surface area contributed by atoms with E-state index in [9.17, 15) is 10.0 Å². The minimum atomic E-state index is -0.340. The molecule has 3 heterocycles. The number of nitrogens with one attached hydrogen (secondary N) is 1. The highest BCUT2D eigenvalue weighted by molar-refractivity contribution is 6.33. The van der Waals surface area contributed by atoms with Crippen LogP contribution in [0.1, 0.15) is 55.5 Å². The van der Waals surface area contributed by atoms with Crippen LogP contribution in [0.2, 0.25) is 5.02 Å². The van der Waals surface area contributed by atoms with Crippen molar-refractivity contribution in [2.45, 2.75) is 51.9 Å². The Labute approximate surface area is 208 Å². The van der Waals surface area contributed by atoms with Crippen molar-refractivity contribution in [3.8, 4) is 11.3 Å². The van der Waals surface area contributed by atoms with E-state index < -0.39 is 0 Å². The summed E-state index contributed by atoms with van der Waals surface area (Å²) in [5, 5.41) is 24.9. The number of ether oxygens (including phenoxy) is 1. The fourth-order valence-corrected chi connectivity index (χ4v) is 4.18. The van der Waals surface area contributed by atoms with Gasteiger partial charge in [0.05, 0.1) is 24.5 Å². The highest BCUT2D eigenvalue weighted by Crippen LogP contribution is 2.30. The second-order valence-corrected chi connectivity index (χ2v) is 8.85. The number of hydrogen-bond donors (Lipinski definition) is 2. The van der Waals surface area contributed by atoms with Crippen molar-refractivity contribution < 1.29 is 14.7 Å². The number of rotatable bonds is 7. The number of nitrogens with zero attached hydrogens (tertiary/aromatic N) is 6. The summed E-state index contributed by atoms with van der Waals surface area (Å²) >= 11 is 6.14. The summed E-state index contributed by atoms with van der Waals surface area (Å²) in [4.78, 5) is 16.3. The van der Waals surface area contributed by atoms with E-state index in [1.807, 2.05) is 19.2 Å². The van der Waals surface area contributed by atoms with E-state index in [-0.39, 0.29) is 23.9 Å². The first-order valence-electron chi connectivity index (χ1n) is 11.3.